The van der Waals surface area contributed by atoms with Crippen LogP contribution in [0.1, 0.15) is 24.9 Å². The molecule has 0 radical (unpaired) electrons. The highest BCUT2D eigenvalue weighted by Gasteiger charge is 2.46. The number of fused-ring (bicyclic) bond motifs is 4. The number of hydrogen-bond acceptors (Lipinski definition) is 7. The van der Waals surface area contributed by atoms with Crippen LogP contribution >= 0.6 is 0 Å². The van der Waals surface area contributed by atoms with Crippen molar-refractivity contribution in [1.82, 2.24) is 19.7 Å². The molecule has 0 saturated carbocycles. The van der Waals surface area contributed by atoms with Gasteiger partial charge in [0.15, 0.2) is 17.4 Å². The SMILES string of the molecule is C[C@]12CNc3nnc(-c4cccc(F)c4O)cc3N1C[C@H](n1ccc3cc(CO)cnc31)C2. The topological polar surface area (TPSA) is 99.3 Å². The molecule has 1 aromatic carbocycles. The summed E-state index contributed by atoms with van der Waals surface area (Å²) < 4.78 is 16.1. The number of phenols is 1. The van der Waals surface area contributed by atoms with Gasteiger partial charge in [0.2, 0.25) is 0 Å². The highest BCUT2D eigenvalue weighted by molar-refractivity contribution is 5.79. The Morgan fingerprint density at radius 3 is 2.97 bits per heavy atom. The number of aromatic nitrogens is 4. The number of nitrogens with zero attached hydrogens (tertiary/aromatic N) is 5. The summed E-state index contributed by atoms with van der Waals surface area (Å²) in [5.41, 5.74) is 3.14. The molecule has 33 heavy (non-hydrogen) atoms. The predicted octanol–water partition coefficient (Wildman–Crippen LogP) is 3.47. The summed E-state index contributed by atoms with van der Waals surface area (Å²) >= 11 is 0. The molecular weight excluding hydrogens is 423 g/mol. The number of benzene rings is 1. The van der Waals surface area contributed by atoms with Crippen molar-refractivity contribution in [3.63, 3.8) is 0 Å². The van der Waals surface area contributed by atoms with Crippen molar-refractivity contribution < 1.29 is 14.6 Å². The number of halogens is 1. The molecule has 3 aromatic heterocycles. The van der Waals surface area contributed by atoms with Crippen LogP contribution < -0.4 is 10.2 Å². The third-order valence-electron chi connectivity index (χ3n) is 6.87. The van der Waals surface area contributed by atoms with Crippen molar-refractivity contribution in [2.45, 2.75) is 31.5 Å². The Kier molecular flexibility index (Phi) is 4.31. The number of pyridine rings is 1. The molecule has 1 fully saturated rings. The lowest BCUT2D eigenvalue weighted by molar-refractivity contribution is 0.281. The van der Waals surface area contributed by atoms with Gasteiger partial charge in [0.05, 0.1) is 29.6 Å². The number of nitrogens with one attached hydrogen (secondary N) is 1. The minimum atomic E-state index is -0.687. The summed E-state index contributed by atoms with van der Waals surface area (Å²) in [5.74, 6) is -0.437. The van der Waals surface area contributed by atoms with Crippen molar-refractivity contribution in [2.75, 3.05) is 23.3 Å². The van der Waals surface area contributed by atoms with Crippen LogP contribution in [-0.2, 0) is 6.61 Å². The molecule has 0 aliphatic carbocycles. The smallest absolute Gasteiger partial charge is 0.172 e. The number of anilines is 2. The summed E-state index contributed by atoms with van der Waals surface area (Å²) in [7, 11) is 0. The van der Waals surface area contributed by atoms with E-state index in [-0.39, 0.29) is 18.2 Å². The molecular formula is C24H23FN6O2. The lowest BCUT2D eigenvalue weighted by Gasteiger charge is -2.41. The molecule has 9 heteroatoms. The quantitative estimate of drug-likeness (QED) is 0.443. The second-order valence-corrected chi connectivity index (χ2v) is 9.06. The first-order valence-electron chi connectivity index (χ1n) is 10.9. The van der Waals surface area contributed by atoms with Crippen LogP contribution in [-0.4, -0.2) is 48.6 Å². The molecule has 4 aromatic rings. The van der Waals surface area contributed by atoms with E-state index in [0.717, 1.165) is 41.8 Å². The average molecular weight is 446 g/mol. The van der Waals surface area contributed by atoms with Crippen LogP contribution in [0.5, 0.6) is 5.75 Å². The van der Waals surface area contributed by atoms with Gasteiger partial charge in [0, 0.05) is 36.4 Å². The Bertz CT molecular complexity index is 1390. The maximum Gasteiger partial charge on any atom is 0.172 e. The third kappa shape index (κ3) is 3.03. The number of aliphatic hydroxyl groups is 1. The average Bonchev–Trinajstić information content (AvgIpc) is 3.41. The molecule has 2 aliphatic heterocycles. The molecule has 0 unspecified atom stereocenters. The van der Waals surface area contributed by atoms with Crippen LogP contribution in [0.25, 0.3) is 22.3 Å². The zero-order valence-corrected chi connectivity index (χ0v) is 18.0. The highest BCUT2D eigenvalue weighted by Crippen LogP contribution is 2.46. The minimum Gasteiger partial charge on any atom is -0.504 e. The Labute approximate surface area is 189 Å². The standard InChI is InChI=1S/C24H23FN6O2/c1-24-9-16(30-6-5-15-7-14(12-32)10-26-23(15)30)11-31(24)20-8-19(28-29-22(20)27-13-24)17-3-2-4-18(25)21(17)33/h2-8,10,16,32-33H,9,11-13H2,1H3,(H,27,29)/t16-,24+/m1/s1. The largest absolute Gasteiger partial charge is 0.504 e. The predicted molar refractivity (Wildman–Crippen MR) is 123 cm³/mol. The van der Waals surface area contributed by atoms with E-state index in [1.807, 2.05) is 18.2 Å². The fourth-order valence-corrected chi connectivity index (χ4v) is 5.17. The second-order valence-electron chi connectivity index (χ2n) is 9.06. The molecule has 0 amide bonds. The van der Waals surface area contributed by atoms with Gasteiger partial charge in [-0.25, -0.2) is 9.37 Å². The van der Waals surface area contributed by atoms with Crippen LogP contribution in [0.15, 0.2) is 48.8 Å². The first kappa shape index (κ1) is 19.9. The zero-order chi connectivity index (χ0) is 22.7. The van der Waals surface area contributed by atoms with Gasteiger partial charge in [-0.05, 0) is 49.2 Å². The van der Waals surface area contributed by atoms with E-state index >= 15 is 0 Å². The molecule has 0 bridgehead atoms. The van der Waals surface area contributed by atoms with E-state index in [9.17, 15) is 14.6 Å². The molecule has 8 nitrogen and oxygen atoms in total. The van der Waals surface area contributed by atoms with Crippen LogP contribution in [0.2, 0.25) is 0 Å². The number of aliphatic hydroxyl groups excluding tert-OH is 1. The normalized spacial score (nSPS) is 21.7. The molecule has 2 aliphatic rings. The number of rotatable bonds is 3. The molecule has 2 atom stereocenters. The zero-order valence-electron chi connectivity index (χ0n) is 18.0. The van der Waals surface area contributed by atoms with Crippen molar-refractivity contribution in [2.24, 2.45) is 0 Å². The summed E-state index contributed by atoms with van der Waals surface area (Å²) in [6.45, 7) is 3.65. The maximum absolute atomic E-state index is 13.9. The van der Waals surface area contributed by atoms with Gasteiger partial charge >= 0.3 is 0 Å². The van der Waals surface area contributed by atoms with E-state index < -0.39 is 11.6 Å². The monoisotopic (exact) mass is 446 g/mol. The Morgan fingerprint density at radius 2 is 2.12 bits per heavy atom. The van der Waals surface area contributed by atoms with E-state index in [2.05, 4.69) is 43.1 Å². The van der Waals surface area contributed by atoms with E-state index in [1.54, 1.807) is 18.3 Å². The van der Waals surface area contributed by atoms with Crippen LogP contribution in [0.4, 0.5) is 15.9 Å². The third-order valence-corrected chi connectivity index (χ3v) is 6.87. The van der Waals surface area contributed by atoms with Gasteiger partial charge in [0.1, 0.15) is 5.65 Å². The van der Waals surface area contributed by atoms with Crippen molar-refractivity contribution >= 4 is 22.5 Å². The summed E-state index contributed by atoms with van der Waals surface area (Å²) in [4.78, 5) is 6.92. The van der Waals surface area contributed by atoms with Gasteiger partial charge < -0.3 is 25.0 Å². The van der Waals surface area contributed by atoms with Gasteiger partial charge in [-0.15, -0.1) is 10.2 Å². The van der Waals surface area contributed by atoms with E-state index in [4.69, 9.17) is 0 Å². The minimum absolute atomic E-state index is 0.0317. The van der Waals surface area contributed by atoms with Crippen molar-refractivity contribution in [1.29, 1.82) is 0 Å². The van der Waals surface area contributed by atoms with Gasteiger partial charge in [-0.1, -0.05) is 6.07 Å². The molecule has 5 heterocycles. The van der Waals surface area contributed by atoms with E-state index in [1.165, 1.54) is 6.07 Å². The first-order valence-corrected chi connectivity index (χ1v) is 10.9. The number of para-hydroxylation sites is 1. The maximum atomic E-state index is 13.9. The van der Waals surface area contributed by atoms with Crippen molar-refractivity contribution in [3.05, 3.63) is 60.2 Å². The number of aromatic hydroxyl groups is 1. The lowest BCUT2D eigenvalue weighted by Crippen LogP contribution is -2.50. The Balaban J connectivity index is 1.39. The molecule has 6 rings (SSSR count). The highest BCUT2D eigenvalue weighted by atomic mass is 19.1. The van der Waals surface area contributed by atoms with Crippen LogP contribution in [0, 0.1) is 5.82 Å². The number of hydrogen-bond donors (Lipinski definition) is 3. The number of phenolic OH excluding ortho intramolecular Hbond substituents is 1. The van der Waals surface area contributed by atoms with E-state index in [0.29, 0.717) is 17.1 Å². The molecule has 1 saturated heterocycles. The summed E-state index contributed by atoms with van der Waals surface area (Å²) in [6.07, 6.45) is 4.67. The first-order chi connectivity index (χ1) is 16.0. The van der Waals surface area contributed by atoms with Crippen LogP contribution in [0.3, 0.4) is 0 Å². The fourth-order valence-electron chi connectivity index (χ4n) is 5.17. The summed E-state index contributed by atoms with van der Waals surface area (Å²) in [5, 5.41) is 32.6. The summed E-state index contributed by atoms with van der Waals surface area (Å²) in [6, 6.07) is 10.4. The molecule has 168 valence electrons. The fraction of sp³-hybridized carbons (Fsp3) is 0.292. The second kappa shape index (κ2) is 7.14. The molecule has 3 N–H and O–H groups in total. The van der Waals surface area contributed by atoms with Crippen molar-refractivity contribution in [3.8, 4) is 17.0 Å². The Morgan fingerprint density at radius 1 is 1.24 bits per heavy atom. The molecule has 0 spiro atoms. The van der Waals surface area contributed by atoms with Gasteiger partial charge in [-0.3, -0.25) is 0 Å². The Hall–Kier alpha value is -3.72. The lowest BCUT2D eigenvalue weighted by atomic mass is 9.95. The van der Waals surface area contributed by atoms with Gasteiger partial charge in [0.25, 0.3) is 0 Å². The van der Waals surface area contributed by atoms with Gasteiger partial charge in [-0.2, -0.15) is 0 Å².